The third kappa shape index (κ3) is 3.15. The fraction of sp³-hybridized carbons (Fsp3) is 0. The molecule has 0 aliphatic carbocycles. The van der Waals surface area contributed by atoms with Gasteiger partial charge in [0.15, 0.2) is 0 Å². The van der Waals surface area contributed by atoms with E-state index in [4.69, 9.17) is 32.7 Å². The zero-order chi connectivity index (χ0) is 13.1. The highest BCUT2D eigenvalue weighted by Crippen LogP contribution is 2.28. The summed E-state index contributed by atoms with van der Waals surface area (Å²) in [5, 5.41) is 9.53. The number of hydrogen-bond acceptors (Lipinski definition) is 2. The molecule has 0 spiro atoms. The largest absolute Gasteiger partial charge is 0.478 e. The highest BCUT2D eigenvalue weighted by Gasteiger charge is 2.05. The molecule has 5 heteroatoms. The first-order valence-corrected chi connectivity index (χ1v) is 5.77. The van der Waals surface area contributed by atoms with Crippen LogP contribution in [-0.4, -0.2) is 11.1 Å². The van der Waals surface area contributed by atoms with Gasteiger partial charge in [-0.15, -0.1) is 0 Å². The Hall–Kier alpha value is -1.71. The fourth-order valence-corrected chi connectivity index (χ4v) is 1.97. The number of carbonyl (C=O) groups is 1. The Kier molecular flexibility index (Phi) is 3.75. The van der Waals surface area contributed by atoms with E-state index in [0.717, 1.165) is 11.6 Å². The molecule has 3 nitrogen and oxygen atoms in total. The predicted octanol–water partition coefficient (Wildman–Crippen LogP) is 4.35. The van der Waals surface area contributed by atoms with Gasteiger partial charge in [0.2, 0.25) is 0 Å². The summed E-state index contributed by atoms with van der Waals surface area (Å²) in [5.41, 5.74) is 0.738. The summed E-state index contributed by atoms with van der Waals surface area (Å²) in [6, 6.07) is 8.46. The Balaban J connectivity index is 2.32. The summed E-state index contributed by atoms with van der Waals surface area (Å²) in [6.45, 7) is 0. The average Bonchev–Trinajstić information content (AvgIpc) is 2.73. The number of aliphatic carboxylic acids is 1. The van der Waals surface area contributed by atoms with Gasteiger partial charge in [-0.3, -0.25) is 0 Å². The van der Waals surface area contributed by atoms with Crippen molar-refractivity contribution in [1.29, 1.82) is 0 Å². The molecule has 0 saturated heterocycles. The van der Waals surface area contributed by atoms with Crippen LogP contribution in [0.15, 0.2) is 40.8 Å². The lowest BCUT2D eigenvalue weighted by Gasteiger charge is -1.99. The molecule has 0 aliphatic heterocycles. The Bertz CT molecular complexity index is 594. The summed E-state index contributed by atoms with van der Waals surface area (Å²) in [7, 11) is 0. The van der Waals surface area contributed by atoms with Gasteiger partial charge in [0.1, 0.15) is 11.5 Å². The minimum Gasteiger partial charge on any atom is -0.478 e. The standard InChI is InChI=1S/C13H8Cl2O3/c14-9-5-8(6-10(15)7-9)12-3-1-11(18-12)2-4-13(16)17/h1-7H,(H,16,17)/b4-2+. The van der Waals surface area contributed by atoms with E-state index in [1.165, 1.54) is 6.08 Å². The van der Waals surface area contributed by atoms with E-state index in [1.54, 1.807) is 30.3 Å². The normalized spacial score (nSPS) is 11.0. The third-order valence-corrected chi connectivity index (χ3v) is 2.60. The lowest BCUT2D eigenvalue weighted by molar-refractivity contribution is -0.131. The van der Waals surface area contributed by atoms with Gasteiger partial charge in [0, 0.05) is 21.7 Å². The molecule has 0 amide bonds. The number of carboxylic acids is 1. The van der Waals surface area contributed by atoms with Crippen molar-refractivity contribution < 1.29 is 14.3 Å². The first kappa shape index (κ1) is 12.7. The Morgan fingerprint density at radius 2 is 1.83 bits per heavy atom. The minimum atomic E-state index is -1.03. The second kappa shape index (κ2) is 5.29. The predicted molar refractivity (Wildman–Crippen MR) is 70.8 cm³/mol. The molecular weight excluding hydrogens is 275 g/mol. The van der Waals surface area contributed by atoms with Gasteiger partial charge in [-0.1, -0.05) is 23.2 Å². The number of carboxylic acid groups (broad SMARTS) is 1. The molecule has 0 bridgehead atoms. The van der Waals surface area contributed by atoms with Crippen LogP contribution >= 0.6 is 23.2 Å². The topological polar surface area (TPSA) is 50.4 Å². The van der Waals surface area contributed by atoms with Crippen molar-refractivity contribution in [2.75, 3.05) is 0 Å². The molecule has 2 rings (SSSR count). The van der Waals surface area contributed by atoms with E-state index in [-0.39, 0.29) is 0 Å². The Morgan fingerprint density at radius 1 is 1.17 bits per heavy atom. The molecule has 18 heavy (non-hydrogen) atoms. The molecule has 0 aliphatic rings. The third-order valence-electron chi connectivity index (χ3n) is 2.16. The van der Waals surface area contributed by atoms with E-state index in [9.17, 15) is 4.79 Å². The van der Waals surface area contributed by atoms with Crippen LogP contribution in [0.2, 0.25) is 10.0 Å². The minimum absolute atomic E-state index is 0.448. The molecular formula is C13H8Cl2O3. The van der Waals surface area contributed by atoms with Crippen molar-refractivity contribution in [2.24, 2.45) is 0 Å². The van der Waals surface area contributed by atoms with Gasteiger partial charge in [0.05, 0.1) is 0 Å². The lowest BCUT2D eigenvalue weighted by Crippen LogP contribution is -1.84. The lowest BCUT2D eigenvalue weighted by atomic mass is 10.2. The molecule has 2 aromatic rings. The maximum atomic E-state index is 10.4. The fourth-order valence-electron chi connectivity index (χ4n) is 1.45. The van der Waals surface area contributed by atoms with E-state index < -0.39 is 5.97 Å². The molecule has 1 aromatic carbocycles. The molecule has 0 radical (unpaired) electrons. The van der Waals surface area contributed by atoms with Crippen LogP contribution < -0.4 is 0 Å². The molecule has 1 heterocycles. The van der Waals surface area contributed by atoms with Gasteiger partial charge >= 0.3 is 5.97 Å². The average molecular weight is 283 g/mol. The highest BCUT2D eigenvalue weighted by molar-refractivity contribution is 6.35. The van der Waals surface area contributed by atoms with Crippen molar-refractivity contribution in [3.8, 4) is 11.3 Å². The summed E-state index contributed by atoms with van der Waals surface area (Å²) in [4.78, 5) is 10.4. The quantitative estimate of drug-likeness (QED) is 0.852. The highest BCUT2D eigenvalue weighted by atomic mass is 35.5. The van der Waals surface area contributed by atoms with E-state index >= 15 is 0 Å². The van der Waals surface area contributed by atoms with Crippen LogP contribution in [0.1, 0.15) is 5.76 Å². The summed E-state index contributed by atoms with van der Waals surface area (Å²) in [6.07, 6.45) is 2.38. The van der Waals surface area contributed by atoms with Crippen LogP contribution in [0.5, 0.6) is 0 Å². The smallest absolute Gasteiger partial charge is 0.328 e. The van der Waals surface area contributed by atoms with Crippen molar-refractivity contribution >= 4 is 35.2 Å². The zero-order valence-electron chi connectivity index (χ0n) is 9.06. The molecule has 0 fully saturated rings. The SMILES string of the molecule is O=C(O)/C=C/c1ccc(-c2cc(Cl)cc(Cl)c2)o1. The maximum Gasteiger partial charge on any atom is 0.328 e. The summed E-state index contributed by atoms with van der Waals surface area (Å²) in [5.74, 6) is -0.00770. The number of furan rings is 1. The first-order valence-electron chi connectivity index (χ1n) is 5.02. The van der Waals surface area contributed by atoms with Crippen molar-refractivity contribution in [2.45, 2.75) is 0 Å². The van der Waals surface area contributed by atoms with Crippen molar-refractivity contribution in [1.82, 2.24) is 0 Å². The molecule has 1 N–H and O–H groups in total. The van der Waals surface area contributed by atoms with Crippen LogP contribution in [0.4, 0.5) is 0 Å². The molecule has 92 valence electrons. The van der Waals surface area contributed by atoms with Crippen LogP contribution in [0.3, 0.4) is 0 Å². The van der Waals surface area contributed by atoms with Gasteiger partial charge in [-0.2, -0.15) is 0 Å². The van der Waals surface area contributed by atoms with E-state index in [1.807, 2.05) is 0 Å². The monoisotopic (exact) mass is 282 g/mol. The summed E-state index contributed by atoms with van der Waals surface area (Å²) < 4.78 is 5.46. The van der Waals surface area contributed by atoms with Crippen LogP contribution in [-0.2, 0) is 4.79 Å². The number of rotatable bonds is 3. The number of halogens is 2. The van der Waals surface area contributed by atoms with Gasteiger partial charge < -0.3 is 9.52 Å². The second-order valence-electron chi connectivity index (χ2n) is 3.53. The Morgan fingerprint density at radius 3 is 2.44 bits per heavy atom. The van der Waals surface area contributed by atoms with Gasteiger partial charge in [0.25, 0.3) is 0 Å². The zero-order valence-corrected chi connectivity index (χ0v) is 10.6. The molecule has 0 saturated carbocycles. The van der Waals surface area contributed by atoms with Crippen LogP contribution in [0.25, 0.3) is 17.4 Å². The van der Waals surface area contributed by atoms with E-state index in [0.29, 0.717) is 21.6 Å². The summed E-state index contributed by atoms with van der Waals surface area (Å²) >= 11 is 11.8. The number of benzene rings is 1. The first-order chi connectivity index (χ1) is 8.54. The Labute approximate surface area is 113 Å². The van der Waals surface area contributed by atoms with Gasteiger partial charge in [-0.05, 0) is 36.4 Å². The maximum absolute atomic E-state index is 10.4. The van der Waals surface area contributed by atoms with Crippen molar-refractivity contribution in [3.05, 3.63) is 52.2 Å². The molecule has 1 aromatic heterocycles. The number of hydrogen-bond donors (Lipinski definition) is 1. The van der Waals surface area contributed by atoms with E-state index in [2.05, 4.69) is 0 Å². The molecule has 0 atom stereocenters. The van der Waals surface area contributed by atoms with Gasteiger partial charge in [-0.25, -0.2) is 4.79 Å². The van der Waals surface area contributed by atoms with Crippen LogP contribution in [0, 0.1) is 0 Å². The second-order valence-corrected chi connectivity index (χ2v) is 4.40. The van der Waals surface area contributed by atoms with Crippen molar-refractivity contribution in [3.63, 3.8) is 0 Å². The molecule has 0 unspecified atom stereocenters.